The third-order valence-corrected chi connectivity index (χ3v) is 3.62. The van der Waals surface area contributed by atoms with Crippen molar-refractivity contribution in [2.24, 2.45) is 0 Å². The Hall–Kier alpha value is -1.82. The Kier molecular flexibility index (Phi) is 3.25. The molecule has 0 saturated heterocycles. The van der Waals surface area contributed by atoms with Gasteiger partial charge in [0.1, 0.15) is 0 Å². The summed E-state index contributed by atoms with van der Waals surface area (Å²) < 4.78 is 14.9. The van der Waals surface area contributed by atoms with Crippen molar-refractivity contribution in [3.8, 4) is 22.9 Å². The predicted molar refractivity (Wildman–Crippen MR) is 75.1 cm³/mol. The molecular formula is C13H15N3O2S. The highest BCUT2D eigenvalue weighted by atomic mass is 32.1. The molecule has 0 spiro atoms. The van der Waals surface area contributed by atoms with Crippen LogP contribution < -0.4 is 14.8 Å². The number of aromatic nitrogens is 2. The maximum Gasteiger partial charge on any atom is 0.203 e. The molecule has 0 atom stereocenters. The highest BCUT2D eigenvalue weighted by Crippen LogP contribution is 2.33. The summed E-state index contributed by atoms with van der Waals surface area (Å²) in [6.07, 6.45) is 2.45. The zero-order valence-electron chi connectivity index (χ0n) is 10.8. The first-order chi connectivity index (χ1) is 9.30. The molecular weight excluding hydrogens is 262 g/mol. The SMILES string of the molecule is COc1ccc(-c2nsc(NC3CC3)n2)cc1OC. The van der Waals surface area contributed by atoms with Crippen molar-refractivity contribution >= 4 is 16.7 Å². The second-order valence-corrected chi connectivity index (χ2v) is 5.16. The standard InChI is InChI=1S/C13H15N3O2S/c1-17-10-6-3-8(7-11(10)18-2)12-15-13(19-16-12)14-9-4-5-9/h3,6-7,9H,4-5H2,1-2H3,(H,14,15,16). The van der Waals surface area contributed by atoms with Gasteiger partial charge >= 0.3 is 0 Å². The number of anilines is 1. The van der Waals surface area contributed by atoms with Crippen molar-refractivity contribution in [1.82, 2.24) is 9.36 Å². The van der Waals surface area contributed by atoms with E-state index in [4.69, 9.17) is 9.47 Å². The lowest BCUT2D eigenvalue weighted by atomic mass is 10.2. The summed E-state index contributed by atoms with van der Waals surface area (Å²) in [5.74, 6) is 2.11. The molecule has 0 aliphatic heterocycles. The van der Waals surface area contributed by atoms with Crippen LogP contribution in [0.2, 0.25) is 0 Å². The van der Waals surface area contributed by atoms with E-state index in [9.17, 15) is 0 Å². The predicted octanol–water partition coefficient (Wildman–Crippen LogP) is 2.80. The Morgan fingerprint density at radius 1 is 1.21 bits per heavy atom. The summed E-state index contributed by atoms with van der Waals surface area (Å²) in [5, 5.41) is 4.23. The molecule has 0 amide bonds. The molecule has 19 heavy (non-hydrogen) atoms. The van der Waals surface area contributed by atoms with Crippen molar-refractivity contribution in [3.63, 3.8) is 0 Å². The summed E-state index contributed by atoms with van der Waals surface area (Å²) in [4.78, 5) is 4.49. The number of hydrogen-bond acceptors (Lipinski definition) is 6. The maximum absolute atomic E-state index is 5.29. The zero-order valence-corrected chi connectivity index (χ0v) is 11.7. The Balaban J connectivity index is 1.85. The third kappa shape index (κ3) is 2.63. The minimum Gasteiger partial charge on any atom is -0.493 e. The maximum atomic E-state index is 5.29. The fourth-order valence-corrected chi connectivity index (χ4v) is 2.44. The van der Waals surface area contributed by atoms with Gasteiger partial charge in [0, 0.05) is 23.1 Å². The largest absolute Gasteiger partial charge is 0.493 e. The van der Waals surface area contributed by atoms with E-state index in [0.717, 1.165) is 10.7 Å². The van der Waals surface area contributed by atoms with Crippen LogP contribution in [-0.2, 0) is 0 Å². The third-order valence-electron chi connectivity index (χ3n) is 2.97. The molecule has 0 bridgehead atoms. The molecule has 1 saturated carbocycles. The van der Waals surface area contributed by atoms with Crippen LogP contribution in [0, 0.1) is 0 Å². The minimum atomic E-state index is 0.589. The molecule has 100 valence electrons. The van der Waals surface area contributed by atoms with Crippen LogP contribution in [0.4, 0.5) is 5.13 Å². The van der Waals surface area contributed by atoms with Gasteiger partial charge in [-0.25, -0.2) is 0 Å². The Morgan fingerprint density at radius 2 is 2.00 bits per heavy atom. The van der Waals surface area contributed by atoms with E-state index in [1.54, 1.807) is 14.2 Å². The van der Waals surface area contributed by atoms with E-state index < -0.39 is 0 Å². The molecule has 1 aromatic heterocycles. The van der Waals surface area contributed by atoms with Gasteiger partial charge in [0.05, 0.1) is 14.2 Å². The van der Waals surface area contributed by atoms with Gasteiger partial charge in [0.2, 0.25) is 5.13 Å². The van der Waals surface area contributed by atoms with Gasteiger partial charge in [-0.3, -0.25) is 0 Å². The van der Waals surface area contributed by atoms with Gasteiger partial charge in [-0.15, -0.1) is 0 Å². The summed E-state index contributed by atoms with van der Waals surface area (Å²) in [6.45, 7) is 0. The summed E-state index contributed by atoms with van der Waals surface area (Å²) >= 11 is 1.39. The zero-order chi connectivity index (χ0) is 13.2. The topological polar surface area (TPSA) is 56.3 Å². The molecule has 2 aromatic rings. The Morgan fingerprint density at radius 3 is 2.68 bits per heavy atom. The number of ether oxygens (including phenoxy) is 2. The van der Waals surface area contributed by atoms with E-state index >= 15 is 0 Å². The number of rotatable bonds is 5. The Bertz CT molecular complexity index is 581. The molecule has 5 nitrogen and oxygen atoms in total. The molecule has 1 N–H and O–H groups in total. The molecule has 1 heterocycles. The quantitative estimate of drug-likeness (QED) is 0.910. The lowest BCUT2D eigenvalue weighted by Gasteiger charge is -2.07. The van der Waals surface area contributed by atoms with E-state index in [1.165, 1.54) is 24.4 Å². The second kappa shape index (κ2) is 5.05. The van der Waals surface area contributed by atoms with E-state index in [2.05, 4.69) is 14.7 Å². The van der Waals surface area contributed by atoms with Gasteiger partial charge in [0.15, 0.2) is 17.3 Å². The monoisotopic (exact) mass is 277 g/mol. The Labute approximate surface area is 115 Å². The molecule has 1 aromatic carbocycles. The van der Waals surface area contributed by atoms with Crippen molar-refractivity contribution < 1.29 is 9.47 Å². The number of benzene rings is 1. The molecule has 0 unspecified atom stereocenters. The average molecular weight is 277 g/mol. The first-order valence-electron chi connectivity index (χ1n) is 6.13. The first kappa shape index (κ1) is 12.2. The van der Waals surface area contributed by atoms with E-state index in [0.29, 0.717) is 23.4 Å². The van der Waals surface area contributed by atoms with Gasteiger partial charge < -0.3 is 14.8 Å². The van der Waals surface area contributed by atoms with Gasteiger partial charge in [-0.1, -0.05) is 0 Å². The molecule has 1 aliphatic carbocycles. The molecule has 6 heteroatoms. The molecule has 1 aliphatic rings. The van der Waals surface area contributed by atoms with Crippen molar-refractivity contribution in [3.05, 3.63) is 18.2 Å². The number of methoxy groups -OCH3 is 2. The summed E-state index contributed by atoms with van der Waals surface area (Å²) in [7, 11) is 3.24. The van der Waals surface area contributed by atoms with Gasteiger partial charge in [-0.05, 0) is 31.0 Å². The summed E-state index contributed by atoms with van der Waals surface area (Å²) in [5.41, 5.74) is 0.928. The molecule has 3 rings (SSSR count). The molecule has 1 fully saturated rings. The van der Waals surface area contributed by atoms with Crippen LogP contribution in [0.15, 0.2) is 18.2 Å². The van der Waals surface area contributed by atoms with Crippen molar-refractivity contribution in [2.45, 2.75) is 18.9 Å². The number of hydrogen-bond donors (Lipinski definition) is 1. The normalized spacial score (nSPS) is 14.2. The van der Waals surface area contributed by atoms with E-state index in [-0.39, 0.29) is 0 Å². The highest BCUT2D eigenvalue weighted by Gasteiger charge is 2.22. The van der Waals surface area contributed by atoms with Crippen LogP contribution in [0.25, 0.3) is 11.4 Å². The van der Waals surface area contributed by atoms with E-state index in [1.807, 2.05) is 18.2 Å². The van der Waals surface area contributed by atoms with Crippen LogP contribution >= 0.6 is 11.5 Å². The first-order valence-corrected chi connectivity index (χ1v) is 6.90. The lowest BCUT2D eigenvalue weighted by Crippen LogP contribution is -1.99. The van der Waals surface area contributed by atoms with Crippen LogP contribution in [0.5, 0.6) is 11.5 Å². The fourth-order valence-electron chi connectivity index (χ4n) is 1.78. The smallest absolute Gasteiger partial charge is 0.203 e. The second-order valence-electron chi connectivity index (χ2n) is 4.41. The number of nitrogens with zero attached hydrogens (tertiary/aromatic N) is 2. The summed E-state index contributed by atoms with van der Waals surface area (Å²) in [6, 6.07) is 6.28. The highest BCUT2D eigenvalue weighted by molar-refractivity contribution is 7.09. The lowest BCUT2D eigenvalue weighted by molar-refractivity contribution is 0.355. The van der Waals surface area contributed by atoms with Gasteiger partial charge in [-0.2, -0.15) is 9.36 Å². The molecule has 0 radical (unpaired) electrons. The minimum absolute atomic E-state index is 0.589. The van der Waals surface area contributed by atoms with Gasteiger partial charge in [0.25, 0.3) is 0 Å². The fraction of sp³-hybridized carbons (Fsp3) is 0.385. The van der Waals surface area contributed by atoms with Crippen LogP contribution in [0.3, 0.4) is 0 Å². The van der Waals surface area contributed by atoms with Crippen LogP contribution in [-0.4, -0.2) is 29.6 Å². The van der Waals surface area contributed by atoms with Crippen molar-refractivity contribution in [2.75, 3.05) is 19.5 Å². The number of nitrogens with one attached hydrogen (secondary N) is 1. The van der Waals surface area contributed by atoms with Crippen LogP contribution in [0.1, 0.15) is 12.8 Å². The van der Waals surface area contributed by atoms with Crippen molar-refractivity contribution in [1.29, 1.82) is 0 Å². The average Bonchev–Trinajstić information content (AvgIpc) is 3.13.